The third-order valence-corrected chi connectivity index (χ3v) is 2.86. The summed E-state index contributed by atoms with van der Waals surface area (Å²) < 4.78 is 0. The Labute approximate surface area is 105 Å². The van der Waals surface area contributed by atoms with Crippen LogP contribution >= 0.6 is 11.6 Å². The Morgan fingerprint density at radius 2 is 2.24 bits per heavy atom. The van der Waals surface area contributed by atoms with Gasteiger partial charge in [-0.25, -0.2) is 4.79 Å². The third kappa shape index (κ3) is 3.91. The summed E-state index contributed by atoms with van der Waals surface area (Å²) in [6, 6.07) is 4.69. The minimum Gasteiger partial charge on any atom is -0.478 e. The Bertz CT molecular complexity index is 395. The highest BCUT2D eigenvalue weighted by Gasteiger charge is 2.10. The average molecular weight is 258 g/mol. The zero-order valence-electron chi connectivity index (χ0n) is 9.61. The molecule has 1 atom stereocenters. The van der Waals surface area contributed by atoms with E-state index >= 15 is 0 Å². The normalized spacial score (nSPS) is 12.2. The summed E-state index contributed by atoms with van der Waals surface area (Å²) in [5, 5.41) is 21.2. The lowest BCUT2D eigenvalue weighted by molar-refractivity contribution is 0.0697. The number of aliphatic hydroxyl groups is 1. The maximum Gasteiger partial charge on any atom is 0.335 e. The molecule has 4 nitrogen and oxygen atoms in total. The van der Waals surface area contributed by atoms with Gasteiger partial charge in [0.1, 0.15) is 0 Å². The van der Waals surface area contributed by atoms with Crippen LogP contribution < -0.4 is 5.32 Å². The van der Waals surface area contributed by atoms with Crippen LogP contribution in [0.15, 0.2) is 18.2 Å². The summed E-state index contributed by atoms with van der Waals surface area (Å²) in [5.41, 5.74) is 0.854. The second-order valence-corrected chi connectivity index (χ2v) is 4.17. The van der Waals surface area contributed by atoms with E-state index in [1.54, 1.807) is 6.07 Å². The first-order valence-corrected chi connectivity index (χ1v) is 5.86. The van der Waals surface area contributed by atoms with E-state index in [4.69, 9.17) is 21.8 Å². The molecule has 94 valence electrons. The van der Waals surface area contributed by atoms with Crippen LogP contribution in [0.5, 0.6) is 0 Å². The maximum absolute atomic E-state index is 10.7. The fraction of sp³-hybridized carbons (Fsp3) is 0.417. The lowest BCUT2D eigenvalue weighted by atomic mass is 10.1. The SMILES string of the molecule is CCC(CCO)Nc1ccc(C(=O)O)cc1Cl. The number of halogens is 1. The Hall–Kier alpha value is -1.26. The number of anilines is 1. The van der Waals surface area contributed by atoms with E-state index in [-0.39, 0.29) is 18.2 Å². The molecule has 5 heteroatoms. The van der Waals surface area contributed by atoms with Crippen LogP contribution in [0.25, 0.3) is 0 Å². The molecular formula is C12H16ClNO3. The predicted octanol–water partition coefficient (Wildman–Crippen LogP) is 2.61. The van der Waals surface area contributed by atoms with Crippen LogP contribution in [-0.4, -0.2) is 28.8 Å². The van der Waals surface area contributed by atoms with E-state index in [1.807, 2.05) is 6.92 Å². The molecule has 0 bridgehead atoms. The topological polar surface area (TPSA) is 69.6 Å². The number of rotatable bonds is 6. The van der Waals surface area contributed by atoms with Crippen molar-refractivity contribution >= 4 is 23.3 Å². The van der Waals surface area contributed by atoms with E-state index < -0.39 is 5.97 Å². The van der Waals surface area contributed by atoms with Gasteiger partial charge in [-0.3, -0.25) is 0 Å². The van der Waals surface area contributed by atoms with Crippen molar-refractivity contribution in [3.05, 3.63) is 28.8 Å². The lowest BCUT2D eigenvalue weighted by Gasteiger charge is -2.18. The molecule has 3 N–H and O–H groups in total. The first-order chi connectivity index (χ1) is 8.08. The van der Waals surface area contributed by atoms with Crippen molar-refractivity contribution in [2.75, 3.05) is 11.9 Å². The van der Waals surface area contributed by atoms with Crippen LogP contribution in [0.2, 0.25) is 5.02 Å². The molecule has 0 aliphatic heterocycles. The number of hydrogen-bond acceptors (Lipinski definition) is 3. The zero-order valence-corrected chi connectivity index (χ0v) is 10.4. The second kappa shape index (κ2) is 6.47. The first kappa shape index (κ1) is 13.8. The van der Waals surface area contributed by atoms with E-state index in [1.165, 1.54) is 12.1 Å². The number of carboxylic acid groups (broad SMARTS) is 1. The third-order valence-electron chi connectivity index (χ3n) is 2.55. The Morgan fingerprint density at radius 1 is 1.53 bits per heavy atom. The van der Waals surface area contributed by atoms with Crippen molar-refractivity contribution in [1.82, 2.24) is 0 Å². The molecule has 0 radical (unpaired) electrons. The minimum atomic E-state index is -0.999. The molecule has 0 fully saturated rings. The van der Waals surface area contributed by atoms with Gasteiger partial charge in [0.2, 0.25) is 0 Å². The molecule has 1 rings (SSSR count). The van der Waals surface area contributed by atoms with Crippen LogP contribution in [0.4, 0.5) is 5.69 Å². The molecule has 0 aromatic heterocycles. The van der Waals surface area contributed by atoms with Crippen molar-refractivity contribution in [2.45, 2.75) is 25.8 Å². The number of aliphatic hydroxyl groups excluding tert-OH is 1. The van der Waals surface area contributed by atoms with Crippen LogP contribution in [-0.2, 0) is 0 Å². The number of carboxylic acids is 1. The highest BCUT2D eigenvalue weighted by atomic mass is 35.5. The molecule has 0 aliphatic rings. The highest BCUT2D eigenvalue weighted by molar-refractivity contribution is 6.33. The first-order valence-electron chi connectivity index (χ1n) is 5.48. The van der Waals surface area contributed by atoms with Gasteiger partial charge in [0.15, 0.2) is 0 Å². The summed E-state index contributed by atoms with van der Waals surface area (Å²) in [5.74, 6) is -0.999. The number of carbonyl (C=O) groups is 1. The minimum absolute atomic E-state index is 0.107. The van der Waals surface area contributed by atoms with Gasteiger partial charge in [-0.2, -0.15) is 0 Å². The average Bonchev–Trinajstić information content (AvgIpc) is 2.30. The van der Waals surface area contributed by atoms with Gasteiger partial charge in [0, 0.05) is 12.6 Å². The lowest BCUT2D eigenvalue weighted by Crippen LogP contribution is -2.20. The predicted molar refractivity (Wildman–Crippen MR) is 67.8 cm³/mol. The molecule has 0 amide bonds. The van der Waals surface area contributed by atoms with E-state index in [0.29, 0.717) is 17.1 Å². The molecule has 1 unspecified atom stereocenters. The summed E-state index contributed by atoms with van der Waals surface area (Å²) in [4.78, 5) is 10.7. The quantitative estimate of drug-likeness (QED) is 0.733. The fourth-order valence-corrected chi connectivity index (χ4v) is 1.75. The number of hydrogen-bond donors (Lipinski definition) is 3. The molecular weight excluding hydrogens is 242 g/mol. The molecule has 17 heavy (non-hydrogen) atoms. The molecule has 0 heterocycles. The van der Waals surface area contributed by atoms with Crippen molar-refractivity contribution < 1.29 is 15.0 Å². The standard InChI is InChI=1S/C12H16ClNO3/c1-2-9(5-6-15)14-11-4-3-8(12(16)17)7-10(11)13/h3-4,7,9,14-15H,2,5-6H2,1H3,(H,16,17). The largest absolute Gasteiger partial charge is 0.478 e. The molecule has 0 saturated heterocycles. The zero-order chi connectivity index (χ0) is 12.8. The molecule has 0 saturated carbocycles. The van der Waals surface area contributed by atoms with Crippen molar-refractivity contribution in [3.8, 4) is 0 Å². The van der Waals surface area contributed by atoms with Gasteiger partial charge in [-0.15, -0.1) is 0 Å². The second-order valence-electron chi connectivity index (χ2n) is 3.76. The fourth-order valence-electron chi connectivity index (χ4n) is 1.52. The maximum atomic E-state index is 10.7. The van der Waals surface area contributed by atoms with Crippen LogP contribution in [0.1, 0.15) is 30.1 Å². The van der Waals surface area contributed by atoms with Gasteiger partial charge in [0.25, 0.3) is 0 Å². The molecule has 0 aliphatic carbocycles. The van der Waals surface area contributed by atoms with E-state index in [2.05, 4.69) is 5.32 Å². The monoisotopic (exact) mass is 257 g/mol. The molecule has 1 aromatic rings. The van der Waals surface area contributed by atoms with Crippen molar-refractivity contribution in [1.29, 1.82) is 0 Å². The van der Waals surface area contributed by atoms with E-state index in [9.17, 15) is 4.79 Å². The van der Waals surface area contributed by atoms with E-state index in [0.717, 1.165) is 6.42 Å². The summed E-state index contributed by atoms with van der Waals surface area (Å²) in [6.07, 6.45) is 1.49. The van der Waals surface area contributed by atoms with Gasteiger partial charge in [-0.05, 0) is 31.0 Å². The van der Waals surface area contributed by atoms with Crippen LogP contribution in [0.3, 0.4) is 0 Å². The van der Waals surface area contributed by atoms with Crippen LogP contribution in [0, 0.1) is 0 Å². The summed E-state index contributed by atoms with van der Waals surface area (Å²) in [6.45, 7) is 2.11. The molecule has 1 aromatic carbocycles. The summed E-state index contributed by atoms with van der Waals surface area (Å²) >= 11 is 5.99. The summed E-state index contributed by atoms with van der Waals surface area (Å²) in [7, 11) is 0. The number of nitrogens with one attached hydrogen (secondary N) is 1. The van der Waals surface area contributed by atoms with Crippen molar-refractivity contribution in [2.24, 2.45) is 0 Å². The van der Waals surface area contributed by atoms with Gasteiger partial charge >= 0.3 is 5.97 Å². The number of aromatic carboxylic acids is 1. The smallest absolute Gasteiger partial charge is 0.335 e. The highest BCUT2D eigenvalue weighted by Crippen LogP contribution is 2.24. The van der Waals surface area contributed by atoms with Gasteiger partial charge in [-0.1, -0.05) is 18.5 Å². The number of benzene rings is 1. The molecule has 0 spiro atoms. The Kier molecular flexibility index (Phi) is 5.25. The Morgan fingerprint density at radius 3 is 2.71 bits per heavy atom. The van der Waals surface area contributed by atoms with Gasteiger partial charge in [0.05, 0.1) is 16.3 Å². The Balaban J connectivity index is 2.81. The van der Waals surface area contributed by atoms with Crippen molar-refractivity contribution in [3.63, 3.8) is 0 Å². The van der Waals surface area contributed by atoms with Gasteiger partial charge < -0.3 is 15.5 Å².